The van der Waals surface area contributed by atoms with Gasteiger partial charge in [0, 0.05) is 5.38 Å². The molecule has 0 unspecified atom stereocenters. The molecule has 0 amide bonds. The fourth-order valence-corrected chi connectivity index (χ4v) is 1.57. The molecular formula is C8H8F2O2S. The molecule has 0 bridgehead atoms. The van der Waals surface area contributed by atoms with E-state index in [1.165, 1.54) is 0 Å². The van der Waals surface area contributed by atoms with Crippen molar-refractivity contribution in [2.75, 3.05) is 6.61 Å². The summed E-state index contributed by atoms with van der Waals surface area (Å²) >= 11 is 0.880. The molecule has 0 saturated carbocycles. The topological polar surface area (TPSA) is 26.3 Å². The molecule has 1 aromatic rings. The van der Waals surface area contributed by atoms with Gasteiger partial charge >= 0.3 is 5.97 Å². The maximum atomic E-state index is 12.8. The molecule has 0 aliphatic carbocycles. The normalized spacial score (nSPS) is 10.1. The van der Waals surface area contributed by atoms with Crippen molar-refractivity contribution in [1.29, 1.82) is 0 Å². The molecule has 0 saturated heterocycles. The van der Waals surface area contributed by atoms with Crippen molar-refractivity contribution >= 4 is 17.3 Å². The SMILES string of the molecule is CCOC(=O)Cc1scc(F)c1F. The van der Waals surface area contributed by atoms with E-state index in [0.29, 0.717) is 0 Å². The second-order valence-corrected chi connectivity index (χ2v) is 3.27. The maximum absolute atomic E-state index is 12.8. The Morgan fingerprint density at radius 2 is 2.31 bits per heavy atom. The van der Waals surface area contributed by atoms with E-state index in [9.17, 15) is 13.6 Å². The summed E-state index contributed by atoms with van der Waals surface area (Å²) in [5.74, 6) is -2.40. The Morgan fingerprint density at radius 1 is 1.62 bits per heavy atom. The molecule has 72 valence electrons. The lowest BCUT2D eigenvalue weighted by Gasteiger charge is -1.98. The molecule has 0 N–H and O–H groups in total. The number of esters is 1. The van der Waals surface area contributed by atoms with Crippen molar-refractivity contribution < 1.29 is 18.3 Å². The van der Waals surface area contributed by atoms with Gasteiger partial charge in [0.2, 0.25) is 0 Å². The van der Waals surface area contributed by atoms with E-state index in [0.717, 1.165) is 16.7 Å². The van der Waals surface area contributed by atoms with Crippen LogP contribution in [0.5, 0.6) is 0 Å². The van der Waals surface area contributed by atoms with Crippen LogP contribution in [-0.4, -0.2) is 12.6 Å². The van der Waals surface area contributed by atoms with Crippen molar-refractivity contribution in [3.63, 3.8) is 0 Å². The van der Waals surface area contributed by atoms with E-state index in [4.69, 9.17) is 0 Å². The van der Waals surface area contributed by atoms with Gasteiger partial charge in [0.1, 0.15) is 0 Å². The fourth-order valence-electron chi connectivity index (χ4n) is 0.822. The zero-order valence-corrected chi connectivity index (χ0v) is 7.79. The molecule has 2 nitrogen and oxygen atoms in total. The Labute approximate surface area is 78.1 Å². The summed E-state index contributed by atoms with van der Waals surface area (Å²) in [5.41, 5.74) is 0. The van der Waals surface area contributed by atoms with Crippen LogP contribution in [0.2, 0.25) is 0 Å². The highest BCUT2D eigenvalue weighted by atomic mass is 32.1. The molecule has 0 spiro atoms. The smallest absolute Gasteiger partial charge is 0.311 e. The average molecular weight is 206 g/mol. The minimum atomic E-state index is -0.946. The molecule has 0 aliphatic heterocycles. The van der Waals surface area contributed by atoms with E-state index < -0.39 is 17.6 Å². The molecule has 5 heteroatoms. The van der Waals surface area contributed by atoms with Crippen LogP contribution in [-0.2, 0) is 16.0 Å². The minimum absolute atomic E-state index is 0.0796. The molecule has 0 aromatic carbocycles. The highest BCUT2D eigenvalue weighted by Gasteiger charge is 2.14. The Bertz CT molecular complexity index is 309. The van der Waals surface area contributed by atoms with Gasteiger partial charge in [-0.2, -0.15) is 0 Å². The van der Waals surface area contributed by atoms with E-state index >= 15 is 0 Å². The summed E-state index contributed by atoms with van der Waals surface area (Å²) in [6, 6.07) is 0. The molecule has 0 radical (unpaired) electrons. The quantitative estimate of drug-likeness (QED) is 0.708. The van der Waals surface area contributed by atoms with E-state index in [1.807, 2.05) is 0 Å². The average Bonchev–Trinajstić information content (AvgIpc) is 2.37. The van der Waals surface area contributed by atoms with Gasteiger partial charge in [0.05, 0.1) is 17.9 Å². The number of hydrogen-bond acceptors (Lipinski definition) is 3. The van der Waals surface area contributed by atoms with Gasteiger partial charge in [0.25, 0.3) is 0 Å². The third-order valence-corrected chi connectivity index (χ3v) is 2.30. The number of hydrogen-bond donors (Lipinski definition) is 0. The zero-order chi connectivity index (χ0) is 9.84. The molecule has 13 heavy (non-hydrogen) atoms. The third kappa shape index (κ3) is 2.48. The van der Waals surface area contributed by atoms with Crippen LogP contribution in [0.1, 0.15) is 11.8 Å². The van der Waals surface area contributed by atoms with Crippen LogP contribution in [0, 0.1) is 11.6 Å². The summed E-state index contributed by atoms with van der Waals surface area (Å²) < 4.78 is 29.8. The van der Waals surface area contributed by atoms with Crippen LogP contribution in [0.4, 0.5) is 8.78 Å². The van der Waals surface area contributed by atoms with E-state index in [2.05, 4.69) is 4.74 Å². The van der Waals surface area contributed by atoms with Crippen molar-refractivity contribution in [1.82, 2.24) is 0 Å². The third-order valence-electron chi connectivity index (χ3n) is 1.37. The summed E-state index contributed by atoms with van der Waals surface area (Å²) in [7, 11) is 0. The summed E-state index contributed by atoms with van der Waals surface area (Å²) in [5, 5.41) is 1.03. The molecule has 0 fully saturated rings. The molecule has 0 aliphatic rings. The van der Waals surface area contributed by atoms with Crippen molar-refractivity contribution in [2.24, 2.45) is 0 Å². The van der Waals surface area contributed by atoms with Crippen LogP contribution in [0.15, 0.2) is 5.38 Å². The largest absolute Gasteiger partial charge is 0.466 e. The molecule has 1 rings (SSSR count). The minimum Gasteiger partial charge on any atom is -0.466 e. The van der Waals surface area contributed by atoms with Gasteiger partial charge in [-0.05, 0) is 6.92 Å². The van der Waals surface area contributed by atoms with Crippen molar-refractivity contribution in [3.05, 3.63) is 21.9 Å². The fraction of sp³-hybridized carbons (Fsp3) is 0.375. The van der Waals surface area contributed by atoms with E-state index in [1.54, 1.807) is 6.92 Å². The van der Waals surface area contributed by atoms with Crippen LogP contribution in [0.3, 0.4) is 0 Å². The second-order valence-electron chi connectivity index (χ2n) is 2.30. The van der Waals surface area contributed by atoms with Gasteiger partial charge < -0.3 is 4.74 Å². The molecular weight excluding hydrogens is 198 g/mol. The lowest BCUT2D eigenvalue weighted by atomic mass is 10.3. The van der Waals surface area contributed by atoms with E-state index in [-0.39, 0.29) is 17.9 Å². The zero-order valence-electron chi connectivity index (χ0n) is 6.97. The summed E-state index contributed by atoms with van der Waals surface area (Å²) in [6.45, 7) is 1.90. The highest BCUT2D eigenvalue weighted by molar-refractivity contribution is 7.10. The predicted octanol–water partition coefficient (Wildman–Crippen LogP) is 2.13. The van der Waals surface area contributed by atoms with Crippen LogP contribution >= 0.6 is 11.3 Å². The van der Waals surface area contributed by atoms with Crippen LogP contribution in [0.25, 0.3) is 0 Å². The molecule has 1 aromatic heterocycles. The van der Waals surface area contributed by atoms with Crippen molar-refractivity contribution in [2.45, 2.75) is 13.3 Å². The van der Waals surface area contributed by atoms with Gasteiger partial charge in [-0.25, -0.2) is 8.78 Å². The Kier molecular flexibility index (Phi) is 3.36. The van der Waals surface area contributed by atoms with Gasteiger partial charge in [-0.3, -0.25) is 4.79 Å². The Hall–Kier alpha value is -0.970. The number of ether oxygens (including phenoxy) is 1. The van der Waals surface area contributed by atoms with Gasteiger partial charge in [-0.15, -0.1) is 11.3 Å². The van der Waals surface area contributed by atoms with Crippen molar-refractivity contribution in [3.8, 4) is 0 Å². The number of rotatable bonds is 3. The first kappa shape index (κ1) is 10.1. The summed E-state index contributed by atoms with van der Waals surface area (Å²) in [4.78, 5) is 10.9. The molecule has 0 atom stereocenters. The Morgan fingerprint density at radius 3 is 2.77 bits per heavy atom. The van der Waals surface area contributed by atoms with Gasteiger partial charge in [-0.1, -0.05) is 0 Å². The number of carbonyl (C=O) groups is 1. The monoisotopic (exact) mass is 206 g/mol. The maximum Gasteiger partial charge on any atom is 0.311 e. The first-order valence-corrected chi connectivity index (χ1v) is 4.60. The summed E-state index contributed by atoms with van der Waals surface area (Å²) in [6.07, 6.45) is -0.200. The Balaban J connectivity index is 2.64. The first-order valence-electron chi connectivity index (χ1n) is 3.72. The standard InChI is InChI=1S/C8H8F2O2S/c1-2-12-7(11)3-6-8(10)5(9)4-13-6/h4H,2-3H2,1H3. The van der Waals surface area contributed by atoms with Gasteiger partial charge in [0.15, 0.2) is 11.6 Å². The van der Waals surface area contributed by atoms with Crippen LogP contribution < -0.4 is 0 Å². The predicted molar refractivity (Wildman–Crippen MR) is 44.6 cm³/mol. The molecule has 1 heterocycles. The first-order chi connectivity index (χ1) is 6.15. The number of thiophene rings is 1. The highest BCUT2D eigenvalue weighted by Crippen LogP contribution is 2.19. The number of halogens is 2. The number of carbonyl (C=O) groups excluding carboxylic acids is 1. The lowest BCUT2D eigenvalue weighted by molar-refractivity contribution is -0.142. The second kappa shape index (κ2) is 4.32. The lowest BCUT2D eigenvalue weighted by Crippen LogP contribution is -2.07.